The first-order valence-electron chi connectivity index (χ1n) is 7.42. The Morgan fingerprint density at radius 3 is 2.28 bits per heavy atom. The van der Waals surface area contributed by atoms with E-state index in [1.807, 2.05) is 6.07 Å². The molecule has 0 saturated heterocycles. The zero-order valence-corrected chi connectivity index (χ0v) is 12.9. The van der Waals surface area contributed by atoms with Gasteiger partial charge in [-0.1, -0.05) is 42.5 Å². The highest BCUT2D eigenvalue weighted by Crippen LogP contribution is 2.30. The van der Waals surface area contributed by atoms with Gasteiger partial charge in [0.2, 0.25) is 0 Å². The van der Waals surface area contributed by atoms with E-state index >= 15 is 0 Å². The number of alkyl halides is 3. The molecule has 0 spiro atoms. The largest absolute Gasteiger partial charge is 0.416 e. The number of hydrogen-bond donors (Lipinski definition) is 1. The summed E-state index contributed by atoms with van der Waals surface area (Å²) in [6, 6.07) is 13.6. The van der Waals surface area contributed by atoms with Crippen LogP contribution in [0.3, 0.4) is 0 Å². The molecule has 3 rings (SSSR count). The van der Waals surface area contributed by atoms with E-state index < -0.39 is 17.8 Å². The molecule has 1 N–H and O–H groups in total. The smallest absolute Gasteiger partial charge is 0.382 e. The standard InChI is InChI=1S/C18H14F3N3O/c19-18(20,21)15-8-6-13(7-9-15)10-16(24-12-22-11-23-24)17(25)14-4-2-1-3-5-14/h1-12,17,25H/b16-10+. The van der Waals surface area contributed by atoms with Crippen molar-refractivity contribution in [2.24, 2.45) is 0 Å². The molecular weight excluding hydrogens is 331 g/mol. The highest BCUT2D eigenvalue weighted by atomic mass is 19.4. The quantitative estimate of drug-likeness (QED) is 0.777. The molecule has 1 atom stereocenters. The predicted octanol–water partition coefficient (Wildman–Crippen LogP) is 4.03. The third-order valence-electron chi connectivity index (χ3n) is 3.63. The fraction of sp³-hybridized carbons (Fsp3) is 0.111. The van der Waals surface area contributed by atoms with Crippen molar-refractivity contribution < 1.29 is 18.3 Å². The molecule has 1 heterocycles. The minimum Gasteiger partial charge on any atom is -0.382 e. The molecule has 128 valence electrons. The van der Waals surface area contributed by atoms with E-state index in [2.05, 4.69) is 10.1 Å². The monoisotopic (exact) mass is 345 g/mol. The number of aliphatic hydroxyl groups is 1. The maximum Gasteiger partial charge on any atom is 0.416 e. The Kier molecular flexibility index (Phi) is 4.67. The van der Waals surface area contributed by atoms with Crippen molar-refractivity contribution in [3.8, 4) is 0 Å². The lowest BCUT2D eigenvalue weighted by molar-refractivity contribution is -0.137. The van der Waals surface area contributed by atoms with Crippen LogP contribution in [0.25, 0.3) is 11.8 Å². The molecular formula is C18H14F3N3O. The molecule has 2 aromatic carbocycles. The van der Waals surface area contributed by atoms with E-state index in [0.29, 0.717) is 16.8 Å². The van der Waals surface area contributed by atoms with Crippen molar-refractivity contribution in [2.45, 2.75) is 12.3 Å². The normalized spacial score (nSPS) is 13.7. The number of nitrogens with zero attached hydrogens (tertiary/aromatic N) is 3. The second-order valence-electron chi connectivity index (χ2n) is 5.34. The Balaban J connectivity index is 1.99. The number of hydrogen-bond acceptors (Lipinski definition) is 3. The van der Waals surface area contributed by atoms with Crippen LogP contribution in [0.4, 0.5) is 13.2 Å². The van der Waals surface area contributed by atoms with E-state index in [4.69, 9.17) is 0 Å². The van der Waals surface area contributed by atoms with Crippen molar-refractivity contribution in [1.29, 1.82) is 0 Å². The summed E-state index contributed by atoms with van der Waals surface area (Å²) in [6.45, 7) is 0. The van der Waals surface area contributed by atoms with E-state index in [1.165, 1.54) is 29.5 Å². The number of aliphatic hydroxyl groups excluding tert-OH is 1. The molecule has 0 aliphatic carbocycles. The third kappa shape index (κ3) is 3.95. The van der Waals surface area contributed by atoms with Gasteiger partial charge in [0.25, 0.3) is 0 Å². The second kappa shape index (κ2) is 6.90. The number of rotatable bonds is 4. The van der Waals surface area contributed by atoms with Gasteiger partial charge >= 0.3 is 6.18 Å². The average Bonchev–Trinajstić information content (AvgIpc) is 3.14. The summed E-state index contributed by atoms with van der Waals surface area (Å²) >= 11 is 0. The minimum atomic E-state index is -4.39. The van der Waals surface area contributed by atoms with E-state index in [-0.39, 0.29) is 0 Å². The maximum absolute atomic E-state index is 12.7. The summed E-state index contributed by atoms with van der Waals surface area (Å²) in [4.78, 5) is 3.86. The zero-order valence-electron chi connectivity index (χ0n) is 12.9. The Hall–Kier alpha value is -2.93. The topological polar surface area (TPSA) is 50.9 Å². The molecule has 25 heavy (non-hydrogen) atoms. The summed E-state index contributed by atoms with van der Waals surface area (Å²) in [5, 5.41) is 14.7. The van der Waals surface area contributed by atoms with Gasteiger partial charge in [-0.15, -0.1) is 0 Å². The van der Waals surface area contributed by atoms with E-state index in [0.717, 1.165) is 12.1 Å². The molecule has 0 radical (unpaired) electrons. The van der Waals surface area contributed by atoms with Crippen LogP contribution in [-0.4, -0.2) is 19.9 Å². The van der Waals surface area contributed by atoms with Crippen molar-refractivity contribution >= 4 is 11.8 Å². The lowest BCUT2D eigenvalue weighted by atomic mass is 10.0. The van der Waals surface area contributed by atoms with Crippen LogP contribution in [-0.2, 0) is 6.18 Å². The molecule has 3 aromatic rings. The van der Waals surface area contributed by atoms with Crippen LogP contribution >= 0.6 is 0 Å². The van der Waals surface area contributed by atoms with Crippen LogP contribution in [0.15, 0.2) is 67.3 Å². The molecule has 1 aromatic heterocycles. The molecule has 1 unspecified atom stereocenters. The fourth-order valence-electron chi connectivity index (χ4n) is 2.36. The molecule has 4 nitrogen and oxygen atoms in total. The van der Waals surface area contributed by atoms with Crippen LogP contribution in [0.2, 0.25) is 0 Å². The van der Waals surface area contributed by atoms with Crippen LogP contribution in [0.1, 0.15) is 22.8 Å². The van der Waals surface area contributed by atoms with Gasteiger partial charge in [0.05, 0.1) is 11.3 Å². The molecule has 0 fully saturated rings. The van der Waals surface area contributed by atoms with Gasteiger partial charge in [0.15, 0.2) is 0 Å². The Morgan fingerprint density at radius 1 is 1.04 bits per heavy atom. The fourth-order valence-corrected chi connectivity index (χ4v) is 2.36. The van der Waals surface area contributed by atoms with Gasteiger partial charge in [-0.05, 0) is 29.3 Å². The van der Waals surface area contributed by atoms with Gasteiger partial charge in [-0.2, -0.15) is 18.3 Å². The van der Waals surface area contributed by atoms with Gasteiger partial charge in [-0.3, -0.25) is 0 Å². The summed E-state index contributed by atoms with van der Waals surface area (Å²) < 4.78 is 39.4. The Labute approximate surface area is 141 Å². The average molecular weight is 345 g/mol. The van der Waals surface area contributed by atoms with E-state index in [9.17, 15) is 18.3 Å². The van der Waals surface area contributed by atoms with Gasteiger partial charge < -0.3 is 5.11 Å². The van der Waals surface area contributed by atoms with Crippen LogP contribution in [0, 0.1) is 0 Å². The van der Waals surface area contributed by atoms with Crippen LogP contribution in [0.5, 0.6) is 0 Å². The highest BCUT2D eigenvalue weighted by Gasteiger charge is 2.29. The third-order valence-corrected chi connectivity index (χ3v) is 3.63. The van der Waals surface area contributed by atoms with Crippen molar-refractivity contribution in [3.63, 3.8) is 0 Å². The van der Waals surface area contributed by atoms with Crippen molar-refractivity contribution in [3.05, 3.63) is 83.9 Å². The molecule has 0 saturated carbocycles. The molecule has 7 heteroatoms. The lowest BCUT2D eigenvalue weighted by Gasteiger charge is -2.15. The van der Waals surface area contributed by atoms with E-state index in [1.54, 1.807) is 30.3 Å². The van der Waals surface area contributed by atoms with Crippen molar-refractivity contribution in [2.75, 3.05) is 0 Å². The summed E-state index contributed by atoms with van der Waals surface area (Å²) in [6.07, 6.45) is -1.09. The lowest BCUT2D eigenvalue weighted by Crippen LogP contribution is -2.08. The maximum atomic E-state index is 12.7. The first kappa shape index (κ1) is 16.9. The number of benzene rings is 2. The first-order chi connectivity index (χ1) is 11.9. The predicted molar refractivity (Wildman–Crippen MR) is 87.0 cm³/mol. The van der Waals surface area contributed by atoms with Gasteiger partial charge in [-0.25, -0.2) is 9.67 Å². The molecule has 0 amide bonds. The zero-order chi connectivity index (χ0) is 17.9. The summed E-state index contributed by atoms with van der Waals surface area (Å²) in [7, 11) is 0. The molecule has 0 aliphatic heterocycles. The Bertz CT molecular complexity index is 842. The number of halogens is 3. The number of aromatic nitrogens is 3. The molecule has 0 bridgehead atoms. The highest BCUT2D eigenvalue weighted by molar-refractivity contribution is 5.73. The molecule has 0 aliphatic rings. The van der Waals surface area contributed by atoms with Crippen molar-refractivity contribution in [1.82, 2.24) is 14.8 Å². The SMILES string of the molecule is OC(/C(=C\c1ccc(C(F)(F)F)cc1)n1cncn1)c1ccccc1. The van der Waals surface area contributed by atoms with Gasteiger partial charge in [0.1, 0.15) is 18.8 Å². The van der Waals surface area contributed by atoms with Crippen LogP contribution < -0.4 is 0 Å². The minimum absolute atomic E-state index is 0.378. The summed E-state index contributed by atoms with van der Waals surface area (Å²) in [5.74, 6) is 0. The first-order valence-corrected chi connectivity index (χ1v) is 7.42. The second-order valence-corrected chi connectivity index (χ2v) is 5.34. The summed E-state index contributed by atoms with van der Waals surface area (Å²) in [5.41, 5.74) is 0.795. The van der Waals surface area contributed by atoms with Gasteiger partial charge in [0, 0.05) is 0 Å². The Morgan fingerprint density at radius 2 is 1.72 bits per heavy atom.